The van der Waals surface area contributed by atoms with Gasteiger partial charge >= 0.3 is 5.97 Å². The van der Waals surface area contributed by atoms with Gasteiger partial charge in [-0.15, -0.1) is 23.1 Å². The van der Waals surface area contributed by atoms with Crippen LogP contribution in [0.3, 0.4) is 0 Å². The van der Waals surface area contributed by atoms with Gasteiger partial charge in [-0.25, -0.2) is 4.79 Å². The first kappa shape index (κ1) is 29.3. The minimum Gasteiger partial charge on any atom is -0.462 e. The van der Waals surface area contributed by atoms with Crippen molar-refractivity contribution in [2.45, 2.75) is 49.8 Å². The lowest BCUT2D eigenvalue weighted by Crippen LogP contribution is -2.27. The van der Waals surface area contributed by atoms with E-state index in [0.717, 1.165) is 45.5 Å². The molecular weight excluding hydrogens is 576 g/mol. The summed E-state index contributed by atoms with van der Waals surface area (Å²) in [5.41, 5.74) is 2.73. The molecule has 1 aliphatic carbocycles. The number of nitro benzene ring substituents is 1. The maximum Gasteiger partial charge on any atom is 0.341 e. The highest BCUT2D eigenvalue weighted by molar-refractivity contribution is 8.00. The topological polar surface area (TPSA) is 133 Å². The summed E-state index contributed by atoms with van der Waals surface area (Å²) < 4.78 is 7.31. The van der Waals surface area contributed by atoms with E-state index in [0.29, 0.717) is 29.2 Å². The average molecular weight is 607 g/mol. The van der Waals surface area contributed by atoms with Gasteiger partial charge in [-0.3, -0.25) is 19.7 Å². The number of non-ortho nitro benzene ring substituents is 1. The van der Waals surface area contributed by atoms with Crippen molar-refractivity contribution in [2.24, 2.45) is 0 Å². The predicted octanol–water partition coefficient (Wildman–Crippen LogP) is 5.83. The second kappa shape index (κ2) is 12.8. The number of anilines is 1. The summed E-state index contributed by atoms with van der Waals surface area (Å²) in [7, 11) is 0. The van der Waals surface area contributed by atoms with Crippen LogP contribution in [0.25, 0.3) is 10.9 Å². The largest absolute Gasteiger partial charge is 0.462 e. The number of nitro groups is 1. The fraction of sp³-hybridized carbons (Fsp3) is 0.300. The number of carbonyl (C=O) groups is 3. The molecule has 0 fully saturated rings. The number of thiophene rings is 1. The number of thioether (sulfide) groups is 1. The second-order valence-corrected chi connectivity index (χ2v) is 12.3. The van der Waals surface area contributed by atoms with E-state index in [4.69, 9.17) is 4.74 Å². The fourth-order valence-electron chi connectivity index (χ4n) is 4.99. The summed E-state index contributed by atoms with van der Waals surface area (Å²) in [6.07, 6.45) is 4.69. The number of rotatable bonds is 11. The SMILES string of the molecule is CCOC(=O)c1c(NC(=O)C(C)Sc2cn(CCNC(=O)c3ccc([N+](=O)[O-])cc3)c3ccccc23)sc2c1CCC2. The molecule has 12 heteroatoms. The van der Waals surface area contributed by atoms with Crippen LogP contribution in [0.15, 0.2) is 59.6 Å². The van der Waals surface area contributed by atoms with Crippen LogP contribution in [0.4, 0.5) is 10.7 Å². The number of nitrogens with one attached hydrogen (secondary N) is 2. The van der Waals surface area contributed by atoms with E-state index in [9.17, 15) is 24.5 Å². The van der Waals surface area contributed by atoms with Gasteiger partial charge in [0.15, 0.2) is 0 Å². The average Bonchev–Trinajstić information content (AvgIpc) is 3.66. The van der Waals surface area contributed by atoms with Crippen LogP contribution in [-0.4, -0.2) is 45.7 Å². The zero-order chi connectivity index (χ0) is 29.8. The smallest absolute Gasteiger partial charge is 0.341 e. The number of ether oxygens (including phenoxy) is 1. The summed E-state index contributed by atoms with van der Waals surface area (Å²) >= 11 is 2.89. The van der Waals surface area contributed by atoms with Gasteiger partial charge in [0.25, 0.3) is 11.6 Å². The summed E-state index contributed by atoms with van der Waals surface area (Å²) in [6, 6.07) is 13.3. The molecule has 2 heterocycles. The van der Waals surface area contributed by atoms with Crippen molar-refractivity contribution in [3.8, 4) is 0 Å². The van der Waals surface area contributed by atoms with E-state index in [1.807, 2.05) is 42.0 Å². The Kier molecular flexibility index (Phi) is 8.93. The first-order valence-electron chi connectivity index (χ1n) is 13.7. The highest BCUT2D eigenvalue weighted by Gasteiger charge is 2.29. The molecule has 0 bridgehead atoms. The Morgan fingerprint density at radius 2 is 1.90 bits per heavy atom. The van der Waals surface area contributed by atoms with Crippen molar-refractivity contribution in [3.63, 3.8) is 0 Å². The Morgan fingerprint density at radius 3 is 2.64 bits per heavy atom. The second-order valence-electron chi connectivity index (χ2n) is 9.80. The highest BCUT2D eigenvalue weighted by Crippen LogP contribution is 2.40. The van der Waals surface area contributed by atoms with E-state index in [2.05, 4.69) is 10.6 Å². The Hall–Kier alpha value is -4.16. The summed E-state index contributed by atoms with van der Waals surface area (Å²) in [6.45, 7) is 4.71. The molecule has 0 saturated heterocycles. The van der Waals surface area contributed by atoms with Crippen molar-refractivity contribution in [1.29, 1.82) is 0 Å². The zero-order valence-corrected chi connectivity index (χ0v) is 24.8. The number of esters is 1. The van der Waals surface area contributed by atoms with Gasteiger partial charge in [0.05, 0.1) is 22.3 Å². The normalized spacial score (nSPS) is 13.0. The molecule has 2 amide bonds. The van der Waals surface area contributed by atoms with Crippen LogP contribution in [0.2, 0.25) is 0 Å². The van der Waals surface area contributed by atoms with Gasteiger partial charge in [-0.05, 0) is 56.9 Å². The number of para-hydroxylation sites is 1. The predicted molar refractivity (Wildman–Crippen MR) is 164 cm³/mol. The molecule has 218 valence electrons. The standard InChI is InChI=1S/C30H30N4O6S2/c1-3-40-30(37)26-22-8-6-10-24(22)42-29(26)32-27(35)18(2)41-25-17-33(23-9-5-4-7-21(23)25)16-15-31-28(36)19-11-13-20(14-12-19)34(38)39/h4-5,7,9,11-14,17-18H,3,6,8,10,15-16H2,1-2H3,(H,31,36)(H,32,35). The van der Waals surface area contributed by atoms with Crippen LogP contribution in [0.5, 0.6) is 0 Å². The maximum atomic E-state index is 13.3. The van der Waals surface area contributed by atoms with Crippen LogP contribution >= 0.6 is 23.1 Å². The van der Waals surface area contributed by atoms with E-state index < -0.39 is 16.1 Å². The third kappa shape index (κ3) is 6.19. The Balaban J connectivity index is 1.25. The lowest BCUT2D eigenvalue weighted by molar-refractivity contribution is -0.384. The number of aromatic nitrogens is 1. The highest BCUT2D eigenvalue weighted by atomic mass is 32.2. The fourth-order valence-corrected chi connectivity index (χ4v) is 7.30. The molecule has 1 aliphatic rings. The molecule has 5 rings (SSSR count). The lowest BCUT2D eigenvalue weighted by Gasteiger charge is -2.12. The number of hydrogen-bond donors (Lipinski definition) is 2. The van der Waals surface area contributed by atoms with Crippen molar-refractivity contribution in [3.05, 3.63) is 86.4 Å². The van der Waals surface area contributed by atoms with Gasteiger partial charge in [0, 0.05) is 57.7 Å². The van der Waals surface area contributed by atoms with Gasteiger partial charge in [0.2, 0.25) is 5.91 Å². The van der Waals surface area contributed by atoms with Crippen LogP contribution in [0.1, 0.15) is 51.4 Å². The molecule has 4 aromatic rings. The number of fused-ring (bicyclic) bond motifs is 2. The minimum absolute atomic E-state index is 0.0724. The van der Waals surface area contributed by atoms with Crippen molar-refractivity contribution in [1.82, 2.24) is 9.88 Å². The molecule has 0 aliphatic heterocycles. The molecule has 2 aromatic carbocycles. The van der Waals surface area contributed by atoms with Gasteiger partial charge in [0.1, 0.15) is 5.00 Å². The van der Waals surface area contributed by atoms with Gasteiger partial charge in [-0.1, -0.05) is 18.2 Å². The molecule has 2 aromatic heterocycles. The Morgan fingerprint density at radius 1 is 1.14 bits per heavy atom. The quantitative estimate of drug-likeness (QED) is 0.0951. The Labute approximate surface area is 250 Å². The van der Waals surface area contributed by atoms with Crippen LogP contribution < -0.4 is 10.6 Å². The third-order valence-corrected chi connectivity index (χ3v) is 9.40. The monoisotopic (exact) mass is 606 g/mol. The number of nitrogens with zero attached hydrogens (tertiary/aromatic N) is 2. The van der Waals surface area contributed by atoms with E-state index in [1.54, 1.807) is 6.92 Å². The first-order chi connectivity index (χ1) is 20.3. The number of aryl methyl sites for hydroxylation is 1. The van der Waals surface area contributed by atoms with Gasteiger partial charge < -0.3 is 19.9 Å². The molecule has 0 radical (unpaired) electrons. The summed E-state index contributed by atoms with van der Waals surface area (Å²) in [5, 5.41) is 17.8. The number of carbonyl (C=O) groups excluding carboxylic acids is 3. The molecule has 42 heavy (non-hydrogen) atoms. The van der Waals surface area contributed by atoms with E-state index in [-0.39, 0.29) is 24.1 Å². The van der Waals surface area contributed by atoms with Crippen LogP contribution in [-0.2, 0) is 28.9 Å². The zero-order valence-electron chi connectivity index (χ0n) is 23.2. The number of benzene rings is 2. The first-order valence-corrected chi connectivity index (χ1v) is 15.4. The molecule has 0 spiro atoms. The lowest BCUT2D eigenvalue weighted by atomic mass is 10.1. The molecule has 1 atom stereocenters. The van der Waals surface area contributed by atoms with Crippen LogP contribution in [0, 0.1) is 10.1 Å². The molecule has 10 nitrogen and oxygen atoms in total. The molecule has 0 saturated carbocycles. The van der Waals surface area contributed by atoms with Crippen molar-refractivity contribution < 1.29 is 24.0 Å². The summed E-state index contributed by atoms with van der Waals surface area (Å²) in [4.78, 5) is 50.9. The summed E-state index contributed by atoms with van der Waals surface area (Å²) in [5.74, 6) is -0.906. The number of amides is 2. The maximum absolute atomic E-state index is 13.3. The van der Waals surface area contributed by atoms with E-state index in [1.165, 1.54) is 47.4 Å². The van der Waals surface area contributed by atoms with E-state index >= 15 is 0 Å². The van der Waals surface area contributed by atoms with Crippen molar-refractivity contribution >= 4 is 62.5 Å². The van der Waals surface area contributed by atoms with Gasteiger partial charge in [-0.2, -0.15) is 0 Å². The third-order valence-electron chi connectivity index (χ3n) is 7.04. The molecule has 2 N–H and O–H groups in total. The number of hydrogen-bond acceptors (Lipinski definition) is 8. The van der Waals surface area contributed by atoms with Crippen molar-refractivity contribution in [2.75, 3.05) is 18.5 Å². The molecule has 1 unspecified atom stereocenters. The Bertz CT molecular complexity index is 1660. The molecular formula is C30H30N4O6S2. The minimum atomic E-state index is -0.507.